The van der Waals surface area contributed by atoms with E-state index in [9.17, 15) is 14.6 Å². The standard InChI is InChI=1S/C15H16BN3O5/c20-13(4-6-19-7-5-17-9-19)18-12-8-10-2-1-3-11(15(21)22)14(10)24-16(12)23/h1-3,5,7,9,12,23H,4,6,8H2,(H,18,20)(H,21,22)/t12-/m0/s1. The third kappa shape index (κ3) is 3.41. The molecular weight excluding hydrogens is 313 g/mol. The zero-order valence-corrected chi connectivity index (χ0v) is 12.8. The minimum absolute atomic E-state index is 0.00330. The number of carboxylic acids is 1. The van der Waals surface area contributed by atoms with Crippen molar-refractivity contribution in [3.63, 3.8) is 0 Å². The molecule has 0 saturated heterocycles. The van der Waals surface area contributed by atoms with Gasteiger partial charge in [0.2, 0.25) is 5.91 Å². The van der Waals surface area contributed by atoms with Gasteiger partial charge in [-0.05, 0) is 18.1 Å². The van der Waals surface area contributed by atoms with Crippen LogP contribution in [-0.2, 0) is 17.8 Å². The van der Waals surface area contributed by atoms with Gasteiger partial charge >= 0.3 is 13.1 Å². The Balaban J connectivity index is 1.64. The average molecular weight is 329 g/mol. The molecule has 124 valence electrons. The molecule has 1 aromatic carbocycles. The van der Waals surface area contributed by atoms with Gasteiger partial charge in [0.25, 0.3) is 0 Å². The lowest BCUT2D eigenvalue weighted by atomic mass is 9.72. The molecule has 1 aromatic heterocycles. The summed E-state index contributed by atoms with van der Waals surface area (Å²) in [6.07, 6.45) is 5.55. The van der Waals surface area contributed by atoms with Crippen molar-refractivity contribution < 1.29 is 24.4 Å². The van der Waals surface area contributed by atoms with Gasteiger partial charge in [-0.1, -0.05) is 12.1 Å². The van der Waals surface area contributed by atoms with Gasteiger partial charge in [-0.3, -0.25) is 4.79 Å². The maximum atomic E-state index is 12.0. The number of aryl methyl sites for hydroxylation is 1. The first-order valence-corrected chi connectivity index (χ1v) is 7.49. The second-order valence-electron chi connectivity index (χ2n) is 5.54. The van der Waals surface area contributed by atoms with Gasteiger partial charge in [-0.15, -0.1) is 0 Å². The zero-order valence-electron chi connectivity index (χ0n) is 12.8. The highest BCUT2D eigenvalue weighted by atomic mass is 16.5. The number of fused-ring (bicyclic) bond motifs is 1. The highest BCUT2D eigenvalue weighted by molar-refractivity contribution is 6.47. The Morgan fingerprint density at radius 2 is 2.29 bits per heavy atom. The number of nitrogens with zero attached hydrogens (tertiary/aromatic N) is 2. The molecule has 1 amide bonds. The maximum absolute atomic E-state index is 12.0. The van der Waals surface area contributed by atoms with Gasteiger partial charge in [-0.25, -0.2) is 9.78 Å². The van der Waals surface area contributed by atoms with Crippen LogP contribution >= 0.6 is 0 Å². The number of carbonyl (C=O) groups is 2. The summed E-state index contributed by atoms with van der Waals surface area (Å²) in [6, 6.07) is 4.75. The molecule has 3 rings (SSSR count). The number of benzene rings is 1. The number of nitrogens with one attached hydrogen (secondary N) is 1. The van der Waals surface area contributed by atoms with E-state index in [1.165, 1.54) is 6.07 Å². The van der Waals surface area contributed by atoms with E-state index >= 15 is 0 Å². The summed E-state index contributed by atoms with van der Waals surface area (Å²) in [7, 11) is -1.30. The number of aromatic carboxylic acids is 1. The van der Waals surface area contributed by atoms with E-state index in [-0.39, 0.29) is 23.6 Å². The minimum atomic E-state index is -1.30. The van der Waals surface area contributed by atoms with Crippen molar-refractivity contribution in [1.82, 2.24) is 14.9 Å². The second kappa shape index (κ2) is 6.75. The van der Waals surface area contributed by atoms with E-state index < -0.39 is 19.0 Å². The smallest absolute Gasteiger partial charge is 0.534 e. The molecular formula is C15H16BN3O5. The molecule has 1 atom stereocenters. The summed E-state index contributed by atoms with van der Waals surface area (Å²) in [5, 5.41) is 22.0. The number of carbonyl (C=O) groups excluding carboxylic acids is 1. The third-order valence-corrected chi connectivity index (χ3v) is 3.85. The highest BCUT2D eigenvalue weighted by Gasteiger charge is 2.37. The molecule has 0 aliphatic carbocycles. The summed E-state index contributed by atoms with van der Waals surface area (Å²) in [4.78, 5) is 27.1. The number of aromatic nitrogens is 2. The van der Waals surface area contributed by atoms with Gasteiger partial charge in [0.05, 0.1) is 17.8 Å². The average Bonchev–Trinajstić information content (AvgIpc) is 3.06. The lowest BCUT2D eigenvalue weighted by Gasteiger charge is -2.28. The lowest BCUT2D eigenvalue weighted by Crippen LogP contribution is -2.53. The van der Waals surface area contributed by atoms with Crippen LogP contribution in [0.5, 0.6) is 5.75 Å². The molecule has 0 saturated carbocycles. The van der Waals surface area contributed by atoms with Crippen LogP contribution < -0.4 is 9.97 Å². The molecule has 2 aromatic rings. The van der Waals surface area contributed by atoms with Crippen molar-refractivity contribution >= 4 is 19.0 Å². The van der Waals surface area contributed by atoms with Crippen LogP contribution in [-0.4, -0.2) is 44.6 Å². The van der Waals surface area contributed by atoms with Crippen LogP contribution in [0.3, 0.4) is 0 Å². The zero-order chi connectivity index (χ0) is 17.1. The van der Waals surface area contributed by atoms with Crippen molar-refractivity contribution in [1.29, 1.82) is 0 Å². The molecule has 3 N–H and O–H groups in total. The predicted molar refractivity (Wildman–Crippen MR) is 84.5 cm³/mol. The summed E-state index contributed by atoms with van der Waals surface area (Å²) >= 11 is 0. The third-order valence-electron chi connectivity index (χ3n) is 3.85. The van der Waals surface area contributed by atoms with Crippen LogP contribution in [0.1, 0.15) is 22.3 Å². The number of imidazole rings is 1. The van der Waals surface area contributed by atoms with Crippen molar-refractivity contribution in [2.75, 3.05) is 0 Å². The number of para-hydroxylation sites is 1. The first-order chi connectivity index (χ1) is 11.5. The molecule has 0 radical (unpaired) electrons. The lowest BCUT2D eigenvalue weighted by molar-refractivity contribution is -0.121. The van der Waals surface area contributed by atoms with Gasteiger partial charge in [0.15, 0.2) is 0 Å². The maximum Gasteiger partial charge on any atom is 0.547 e. The molecule has 1 aliphatic heterocycles. The van der Waals surface area contributed by atoms with Crippen LogP contribution in [0, 0.1) is 0 Å². The van der Waals surface area contributed by atoms with Crippen LogP contribution in [0.2, 0.25) is 0 Å². The predicted octanol–water partition coefficient (Wildman–Crippen LogP) is 0.111. The topological polar surface area (TPSA) is 114 Å². The Bertz CT molecular complexity index is 750. The molecule has 2 heterocycles. The quantitative estimate of drug-likeness (QED) is 0.671. The number of carboxylic acid groups (broad SMARTS) is 1. The Morgan fingerprint density at radius 3 is 3.00 bits per heavy atom. The summed E-state index contributed by atoms with van der Waals surface area (Å²) in [5.74, 6) is -1.82. The first kappa shape index (κ1) is 16.1. The molecule has 1 aliphatic rings. The van der Waals surface area contributed by atoms with Crippen LogP contribution in [0.15, 0.2) is 36.9 Å². The number of hydrogen-bond acceptors (Lipinski definition) is 5. The molecule has 0 fully saturated rings. The molecule has 0 bridgehead atoms. The monoisotopic (exact) mass is 329 g/mol. The fraction of sp³-hybridized carbons (Fsp3) is 0.267. The number of hydrogen-bond donors (Lipinski definition) is 3. The Hall–Kier alpha value is -2.81. The highest BCUT2D eigenvalue weighted by Crippen LogP contribution is 2.30. The minimum Gasteiger partial charge on any atom is -0.534 e. The molecule has 9 heteroatoms. The van der Waals surface area contributed by atoms with Crippen molar-refractivity contribution in [2.45, 2.75) is 25.3 Å². The van der Waals surface area contributed by atoms with Crippen molar-refractivity contribution in [2.24, 2.45) is 0 Å². The van der Waals surface area contributed by atoms with Gasteiger partial charge in [0.1, 0.15) is 5.75 Å². The van der Waals surface area contributed by atoms with Crippen molar-refractivity contribution in [3.8, 4) is 5.75 Å². The fourth-order valence-corrected chi connectivity index (χ4v) is 2.64. The van der Waals surface area contributed by atoms with Gasteiger partial charge in [-0.2, -0.15) is 0 Å². The molecule has 0 spiro atoms. The van der Waals surface area contributed by atoms with Crippen molar-refractivity contribution in [3.05, 3.63) is 48.0 Å². The van der Waals surface area contributed by atoms with E-state index in [4.69, 9.17) is 9.76 Å². The van der Waals surface area contributed by atoms with Gasteiger partial charge < -0.3 is 24.7 Å². The van der Waals surface area contributed by atoms with E-state index in [2.05, 4.69) is 10.3 Å². The van der Waals surface area contributed by atoms with E-state index in [1.54, 1.807) is 35.4 Å². The Labute approximate surface area is 138 Å². The summed E-state index contributed by atoms with van der Waals surface area (Å²) < 4.78 is 7.11. The molecule has 8 nitrogen and oxygen atoms in total. The normalized spacial score (nSPS) is 16.2. The Kier molecular flexibility index (Phi) is 4.52. The van der Waals surface area contributed by atoms with Crippen LogP contribution in [0.25, 0.3) is 0 Å². The largest absolute Gasteiger partial charge is 0.547 e. The van der Waals surface area contributed by atoms with E-state index in [0.29, 0.717) is 18.5 Å². The molecule has 0 unspecified atom stereocenters. The van der Waals surface area contributed by atoms with E-state index in [0.717, 1.165) is 0 Å². The Morgan fingerprint density at radius 1 is 1.46 bits per heavy atom. The SMILES string of the molecule is O=C(CCn1ccnc1)N[C@H]1Cc2cccc(C(=O)O)c2OB1O. The van der Waals surface area contributed by atoms with Crippen LogP contribution in [0.4, 0.5) is 0 Å². The fourth-order valence-electron chi connectivity index (χ4n) is 2.64. The molecule has 24 heavy (non-hydrogen) atoms. The van der Waals surface area contributed by atoms with E-state index in [1.807, 2.05) is 0 Å². The summed E-state index contributed by atoms with van der Waals surface area (Å²) in [5.41, 5.74) is 0.636. The number of rotatable bonds is 5. The second-order valence-corrected chi connectivity index (χ2v) is 5.54. The number of amides is 1. The van der Waals surface area contributed by atoms with Gasteiger partial charge in [0, 0.05) is 25.4 Å². The first-order valence-electron chi connectivity index (χ1n) is 7.49. The summed E-state index contributed by atoms with van der Waals surface area (Å²) in [6.45, 7) is 0.481.